The third-order valence-corrected chi connectivity index (χ3v) is 5.25. The van der Waals surface area contributed by atoms with Crippen molar-refractivity contribution >= 4 is 11.0 Å². The van der Waals surface area contributed by atoms with E-state index in [1.165, 1.54) is 24.8 Å². The van der Waals surface area contributed by atoms with Gasteiger partial charge >= 0.3 is 0 Å². The molecule has 0 aliphatic heterocycles. The van der Waals surface area contributed by atoms with Gasteiger partial charge in [0.25, 0.3) is 0 Å². The number of hydrogen-bond acceptors (Lipinski definition) is 3. The lowest BCUT2D eigenvalue weighted by molar-refractivity contribution is 0.0202. The standard InChI is InChI=1S/C22H26N2O2/c1-16-9-11-17(12-10-16)14-26-15-19(25)13-24-21-8-3-2-7-20(21)23-22(24)18-5-4-6-18/h2-3,7-12,18-19,25H,4-6,13-15H2,1H3. The van der Waals surface area contributed by atoms with Crippen LogP contribution >= 0.6 is 0 Å². The zero-order chi connectivity index (χ0) is 17.9. The lowest BCUT2D eigenvalue weighted by atomic mass is 9.85. The molecule has 1 N–H and O–H groups in total. The number of rotatable bonds is 7. The maximum Gasteiger partial charge on any atom is 0.113 e. The van der Waals surface area contributed by atoms with E-state index >= 15 is 0 Å². The summed E-state index contributed by atoms with van der Waals surface area (Å²) >= 11 is 0. The first-order valence-corrected chi connectivity index (χ1v) is 9.47. The Balaban J connectivity index is 1.42. The maximum absolute atomic E-state index is 10.5. The van der Waals surface area contributed by atoms with Crippen LogP contribution in [-0.2, 0) is 17.9 Å². The highest BCUT2D eigenvalue weighted by molar-refractivity contribution is 5.76. The molecule has 1 aliphatic rings. The predicted octanol–water partition coefficient (Wildman–Crippen LogP) is 4.19. The molecule has 136 valence electrons. The number of aliphatic hydroxyl groups excluding tert-OH is 1. The highest BCUT2D eigenvalue weighted by Crippen LogP contribution is 2.37. The van der Waals surface area contributed by atoms with Crippen molar-refractivity contribution in [3.8, 4) is 0 Å². The molecule has 1 unspecified atom stereocenters. The fraction of sp³-hybridized carbons (Fsp3) is 0.409. The van der Waals surface area contributed by atoms with Crippen LogP contribution < -0.4 is 0 Å². The average molecular weight is 350 g/mol. The van der Waals surface area contributed by atoms with E-state index in [2.05, 4.69) is 41.8 Å². The largest absolute Gasteiger partial charge is 0.389 e. The molecule has 1 fully saturated rings. The Hall–Kier alpha value is -2.17. The van der Waals surface area contributed by atoms with Crippen LogP contribution in [0.1, 0.15) is 42.1 Å². The van der Waals surface area contributed by atoms with E-state index in [4.69, 9.17) is 9.72 Å². The van der Waals surface area contributed by atoms with Crippen molar-refractivity contribution in [1.29, 1.82) is 0 Å². The second-order valence-electron chi connectivity index (χ2n) is 7.35. The van der Waals surface area contributed by atoms with Crippen molar-refractivity contribution in [3.63, 3.8) is 0 Å². The summed E-state index contributed by atoms with van der Waals surface area (Å²) in [5.41, 5.74) is 4.49. The molecule has 26 heavy (non-hydrogen) atoms. The van der Waals surface area contributed by atoms with E-state index in [-0.39, 0.29) is 0 Å². The van der Waals surface area contributed by atoms with Crippen molar-refractivity contribution in [2.24, 2.45) is 0 Å². The molecule has 0 amide bonds. The normalized spacial score (nSPS) is 15.9. The smallest absolute Gasteiger partial charge is 0.113 e. The second-order valence-corrected chi connectivity index (χ2v) is 7.35. The number of nitrogens with zero attached hydrogens (tertiary/aromatic N) is 2. The van der Waals surface area contributed by atoms with Gasteiger partial charge in [0.15, 0.2) is 0 Å². The van der Waals surface area contributed by atoms with Crippen molar-refractivity contribution < 1.29 is 9.84 Å². The first kappa shape index (κ1) is 17.3. The van der Waals surface area contributed by atoms with Crippen LogP contribution in [0, 0.1) is 6.92 Å². The van der Waals surface area contributed by atoms with Crippen LogP contribution in [0.5, 0.6) is 0 Å². The van der Waals surface area contributed by atoms with Crippen LogP contribution in [-0.4, -0.2) is 27.4 Å². The molecule has 1 heterocycles. The Morgan fingerprint density at radius 3 is 2.65 bits per heavy atom. The zero-order valence-corrected chi connectivity index (χ0v) is 15.3. The summed E-state index contributed by atoms with van der Waals surface area (Å²) < 4.78 is 7.93. The number of aliphatic hydroxyl groups is 1. The summed E-state index contributed by atoms with van der Waals surface area (Å²) in [4.78, 5) is 4.83. The van der Waals surface area contributed by atoms with Gasteiger partial charge in [-0.25, -0.2) is 4.98 Å². The number of hydrogen-bond donors (Lipinski definition) is 1. The van der Waals surface area contributed by atoms with E-state index in [1.54, 1.807) is 0 Å². The average Bonchev–Trinajstić information content (AvgIpc) is 2.93. The number of aromatic nitrogens is 2. The fourth-order valence-corrected chi connectivity index (χ4v) is 3.52. The molecule has 4 heteroatoms. The third-order valence-electron chi connectivity index (χ3n) is 5.25. The zero-order valence-electron chi connectivity index (χ0n) is 15.3. The first-order valence-electron chi connectivity index (χ1n) is 9.47. The van der Waals surface area contributed by atoms with E-state index in [0.717, 1.165) is 22.4 Å². The Labute approximate surface area is 154 Å². The summed E-state index contributed by atoms with van der Waals surface area (Å²) in [7, 11) is 0. The SMILES string of the molecule is Cc1ccc(COCC(O)Cn2c(C3CCC3)nc3ccccc32)cc1. The Bertz CT molecular complexity index is 865. The minimum Gasteiger partial charge on any atom is -0.389 e. The minimum atomic E-state index is -0.545. The molecule has 0 saturated heterocycles. The van der Waals surface area contributed by atoms with Crippen LogP contribution in [0.25, 0.3) is 11.0 Å². The van der Waals surface area contributed by atoms with E-state index in [9.17, 15) is 5.11 Å². The van der Waals surface area contributed by atoms with Gasteiger partial charge in [-0.05, 0) is 37.5 Å². The quantitative estimate of drug-likeness (QED) is 0.695. The lowest BCUT2D eigenvalue weighted by Crippen LogP contribution is -2.25. The van der Waals surface area contributed by atoms with E-state index < -0.39 is 6.10 Å². The molecule has 0 radical (unpaired) electrons. The van der Waals surface area contributed by atoms with Gasteiger partial charge in [-0.2, -0.15) is 0 Å². The molecular formula is C22H26N2O2. The molecule has 1 aromatic heterocycles. The number of imidazole rings is 1. The highest BCUT2D eigenvalue weighted by Gasteiger charge is 2.26. The molecule has 3 aromatic rings. The molecule has 0 bridgehead atoms. The van der Waals surface area contributed by atoms with Crippen LogP contribution in [0.15, 0.2) is 48.5 Å². The summed E-state index contributed by atoms with van der Waals surface area (Å²) in [6.45, 7) is 3.45. The lowest BCUT2D eigenvalue weighted by Gasteiger charge is -2.26. The van der Waals surface area contributed by atoms with Crippen LogP contribution in [0.2, 0.25) is 0 Å². The molecule has 4 nitrogen and oxygen atoms in total. The third kappa shape index (κ3) is 3.67. The van der Waals surface area contributed by atoms with Crippen molar-refractivity contribution in [2.75, 3.05) is 6.61 Å². The molecule has 1 aliphatic carbocycles. The Morgan fingerprint density at radius 2 is 1.92 bits per heavy atom. The van der Waals surface area contributed by atoms with Crippen molar-refractivity contribution in [1.82, 2.24) is 9.55 Å². The maximum atomic E-state index is 10.5. The monoisotopic (exact) mass is 350 g/mol. The summed E-state index contributed by atoms with van der Waals surface area (Å²) in [5, 5.41) is 10.5. The number of para-hydroxylation sites is 2. The van der Waals surface area contributed by atoms with E-state index in [0.29, 0.717) is 25.7 Å². The Kier molecular flexibility index (Phi) is 5.05. The van der Waals surface area contributed by atoms with Gasteiger partial charge in [-0.15, -0.1) is 0 Å². The van der Waals surface area contributed by atoms with Gasteiger partial charge in [-0.3, -0.25) is 0 Å². The first-order chi connectivity index (χ1) is 12.7. The van der Waals surface area contributed by atoms with Crippen LogP contribution in [0.4, 0.5) is 0 Å². The molecule has 0 spiro atoms. The topological polar surface area (TPSA) is 47.3 Å². The number of fused-ring (bicyclic) bond motifs is 1. The highest BCUT2D eigenvalue weighted by atomic mass is 16.5. The molecule has 4 rings (SSSR count). The van der Waals surface area contributed by atoms with Crippen molar-refractivity contribution in [2.45, 2.75) is 51.4 Å². The number of benzene rings is 2. The van der Waals surface area contributed by atoms with Gasteiger partial charge in [0, 0.05) is 5.92 Å². The molecular weight excluding hydrogens is 324 g/mol. The molecule has 1 saturated carbocycles. The Morgan fingerprint density at radius 1 is 1.15 bits per heavy atom. The van der Waals surface area contributed by atoms with Gasteiger partial charge in [0.1, 0.15) is 5.82 Å². The van der Waals surface area contributed by atoms with E-state index in [1.807, 2.05) is 18.2 Å². The predicted molar refractivity (Wildman–Crippen MR) is 103 cm³/mol. The second kappa shape index (κ2) is 7.60. The van der Waals surface area contributed by atoms with Gasteiger partial charge < -0.3 is 14.4 Å². The van der Waals surface area contributed by atoms with Crippen molar-refractivity contribution in [3.05, 3.63) is 65.5 Å². The fourth-order valence-electron chi connectivity index (χ4n) is 3.52. The summed E-state index contributed by atoms with van der Waals surface area (Å²) in [6.07, 6.45) is 3.12. The van der Waals surface area contributed by atoms with Gasteiger partial charge in [0.2, 0.25) is 0 Å². The van der Waals surface area contributed by atoms with Crippen LogP contribution in [0.3, 0.4) is 0 Å². The number of aryl methyl sites for hydroxylation is 1. The van der Waals surface area contributed by atoms with Gasteiger partial charge in [0.05, 0.1) is 36.9 Å². The minimum absolute atomic E-state index is 0.324. The molecule has 1 atom stereocenters. The number of ether oxygens (including phenoxy) is 1. The molecule has 2 aromatic carbocycles. The van der Waals surface area contributed by atoms with Gasteiger partial charge in [-0.1, -0.05) is 48.4 Å². The summed E-state index contributed by atoms with van der Waals surface area (Å²) in [5.74, 6) is 1.65. The summed E-state index contributed by atoms with van der Waals surface area (Å²) in [6, 6.07) is 16.5.